The number of rotatable bonds is 3. The summed E-state index contributed by atoms with van der Waals surface area (Å²) in [5, 5.41) is 6.19. The normalized spacial score (nSPS) is 16.6. The lowest BCUT2D eigenvalue weighted by molar-refractivity contribution is 0.0711. The van der Waals surface area contributed by atoms with Gasteiger partial charge in [0.2, 0.25) is 0 Å². The van der Waals surface area contributed by atoms with Crippen LogP contribution in [0.1, 0.15) is 33.9 Å². The monoisotopic (exact) mass is 328 g/mol. The maximum absolute atomic E-state index is 13.0. The molecule has 1 amide bonds. The Morgan fingerprint density at radius 3 is 2.36 bits per heavy atom. The average Bonchev–Trinajstić information content (AvgIpc) is 3.15. The van der Waals surface area contributed by atoms with Gasteiger partial charge in [0.1, 0.15) is 0 Å². The van der Waals surface area contributed by atoms with Crippen molar-refractivity contribution in [1.29, 1.82) is 0 Å². The molecule has 0 bridgehead atoms. The van der Waals surface area contributed by atoms with E-state index in [4.69, 9.17) is 0 Å². The molecule has 5 nitrogen and oxygen atoms in total. The first kappa shape index (κ1) is 15.2. The molecular formula is C20H16N4O. The second kappa shape index (κ2) is 6.65. The van der Waals surface area contributed by atoms with E-state index in [0.29, 0.717) is 12.0 Å². The molecule has 1 atom stereocenters. The number of aromatic nitrogens is 2. The van der Waals surface area contributed by atoms with Gasteiger partial charge in [-0.1, -0.05) is 30.3 Å². The van der Waals surface area contributed by atoms with Crippen LogP contribution in [0.5, 0.6) is 0 Å². The average molecular weight is 328 g/mol. The number of nitrogens with zero attached hydrogens (tertiary/aromatic N) is 4. The van der Waals surface area contributed by atoms with E-state index >= 15 is 0 Å². The van der Waals surface area contributed by atoms with Crippen LogP contribution < -0.4 is 0 Å². The van der Waals surface area contributed by atoms with Crippen molar-refractivity contribution in [1.82, 2.24) is 15.0 Å². The van der Waals surface area contributed by atoms with E-state index in [2.05, 4.69) is 15.1 Å². The summed E-state index contributed by atoms with van der Waals surface area (Å²) >= 11 is 0. The molecule has 1 aliphatic heterocycles. The van der Waals surface area contributed by atoms with Gasteiger partial charge < -0.3 is 0 Å². The topological polar surface area (TPSA) is 58.5 Å². The van der Waals surface area contributed by atoms with Crippen molar-refractivity contribution in [2.75, 3.05) is 0 Å². The van der Waals surface area contributed by atoms with Crippen molar-refractivity contribution < 1.29 is 4.79 Å². The Morgan fingerprint density at radius 1 is 0.920 bits per heavy atom. The summed E-state index contributed by atoms with van der Waals surface area (Å²) in [6.07, 6.45) is 7.65. The first-order chi connectivity index (χ1) is 12.3. The van der Waals surface area contributed by atoms with Gasteiger partial charge in [0.25, 0.3) is 5.91 Å². The highest BCUT2D eigenvalue weighted by Gasteiger charge is 2.33. The van der Waals surface area contributed by atoms with Gasteiger partial charge in [-0.25, -0.2) is 5.01 Å². The van der Waals surface area contributed by atoms with E-state index in [1.165, 1.54) is 0 Å². The highest BCUT2D eigenvalue weighted by atomic mass is 16.2. The molecule has 0 aliphatic carbocycles. The minimum Gasteiger partial charge on any atom is -0.267 e. The Morgan fingerprint density at radius 2 is 1.68 bits per heavy atom. The minimum absolute atomic E-state index is 0.117. The lowest BCUT2D eigenvalue weighted by atomic mass is 10.00. The largest absolute Gasteiger partial charge is 0.274 e. The molecule has 0 spiro atoms. The number of carbonyl (C=O) groups is 1. The molecule has 1 aliphatic rings. The molecule has 0 radical (unpaired) electrons. The van der Waals surface area contributed by atoms with Gasteiger partial charge in [-0.3, -0.25) is 14.8 Å². The third-order valence-electron chi connectivity index (χ3n) is 4.20. The van der Waals surface area contributed by atoms with Crippen LogP contribution in [-0.4, -0.2) is 26.6 Å². The summed E-state index contributed by atoms with van der Waals surface area (Å²) in [6.45, 7) is 0. The smallest absolute Gasteiger partial charge is 0.267 e. The van der Waals surface area contributed by atoms with E-state index in [9.17, 15) is 4.79 Å². The Hall–Kier alpha value is -3.34. The number of hydrogen-bond acceptors (Lipinski definition) is 4. The van der Waals surface area contributed by atoms with Crippen LogP contribution in [-0.2, 0) is 0 Å². The Labute approximate surface area is 145 Å². The second-order valence-electron chi connectivity index (χ2n) is 5.81. The predicted octanol–water partition coefficient (Wildman–Crippen LogP) is 3.47. The summed E-state index contributed by atoms with van der Waals surface area (Å²) in [5.74, 6) is -0.117. The van der Waals surface area contributed by atoms with E-state index in [1.807, 2.05) is 42.5 Å². The molecule has 0 fully saturated rings. The van der Waals surface area contributed by atoms with E-state index in [0.717, 1.165) is 16.8 Å². The molecule has 5 heteroatoms. The first-order valence-electron chi connectivity index (χ1n) is 8.09. The summed E-state index contributed by atoms with van der Waals surface area (Å²) in [5.41, 5.74) is 3.37. The fourth-order valence-electron chi connectivity index (χ4n) is 2.95. The molecular weight excluding hydrogens is 312 g/mol. The van der Waals surface area contributed by atoms with Crippen molar-refractivity contribution in [3.05, 3.63) is 96.1 Å². The van der Waals surface area contributed by atoms with E-state index in [1.54, 1.807) is 41.9 Å². The van der Waals surface area contributed by atoms with Gasteiger partial charge in [-0.05, 0) is 29.8 Å². The lowest BCUT2D eigenvalue weighted by Crippen LogP contribution is -2.27. The number of amides is 1. The highest BCUT2D eigenvalue weighted by Crippen LogP contribution is 2.33. The standard InChI is InChI=1S/C20H16N4O/c25-20(15-6-2-1-3-7-15)24-19(17-9-5-11-22-14-17)12-18(23-24)16-8-4-10-21-13-16/h1-11,13-14,19H,12H2. The van der Waals surface area contributed by atoms with Crippen molar-refractivity contribution in [3.63, 3.8) is 0 Å². The predicted molar refractivity (Wildman–Crippen MR) is 95.0 cm³/mol. The van der Waals surface area contributed by atoms with Gasteiger partial charge >= 0.3 is 0 Å². The number of pyridine rings is 2. The lowest BCUT2D eigenvalue weighted by Gasteiger charge is -2.21. The molecule has 2 aromatic heterocycles. The van der Waals surface area contributed by atoms with Gasteiger partial charge in [-0.15, -0.1) is 0 Å². The third-order valence-corrected chi connectivity index (χ3v) is 4.20. The second-order valence-corrected chi connectivity index (χ2v) is 5.81. The zero-order chi connectivity index (χ0) is 17.1. The summed E-state index contributed by atoms with van der Waals surface area (Å²) in [6, 6.07) is 16.7. The van der Waals surface area contributed by atoms with Crippen LogP contribution in [0.2, 0.25) is 0 Å². The maximum atomic E-state index is 13.0. The Balaban J connectivity index is 1.73. The molecule has 0 saturated heterocycles. The van der Waals surface area contributed by atoms with E-state index in [-0.39, 0.29) is 11.9 Å². The van der Waals surface area contributed by atoms with Gasteiger partial charge in [0.15, 0.2) is 0 Å². The molecule has 3 heterocycles. The molecule has 1 unspecified atom stereocenters. The van der Waals surface area contributed by atoms with Crippen LogP contribution in [0.4, 0.5) is 0 Å². The maximum Gasteiger partial charge on any atom is 0.274 e. The minimum atomic E-state index is -0.170. The third kappa shape index (κ3) is 3.04. The van der Waals surface area contributed by atoms with Crippen molar-refractivity contribution in [3.8, 4) is 0 Å². The van der Waals surface area contributed by atoms with Crippen molar-refractivity contribution in [2.45, 2.75) is 12.5 Å². The number of carbonyl (C=O) groups excluding carboxylic acids is 1. The molecule has 1 aromatic carbocycles. The molecule has 0 N–H and O–H groups in total. The Kier molecular flexibility index (Phi) is 4.04. The van der Waals surface area contributed by atoms with Crippen LogP contribution in [0.3, 0.4) is 0 Å². The van der Waals surface area contributed by atoms with Crippen LogP contribution in [0.25, 0.3) is 0 Å². The van der Waals surface area contributed by atoms with E-state index < -0.39 is 0 Å². The zero-order valence-electron chi connectivity index (χ0n) is 13.5. The van der Waals surface area contributed by atoms with Crippen molar-refractivity contribution in [2.24, 2.45) is 5.10 Å². The van der Waals surface area contributed by atoms with Gasteiger partial charge in [0, 0.05) is 42.3 Å². The quantitative estimate of drug-likeness (QED) is 0.740. The molecule has 25 heavy (non-hydrogen) atoms. The summed E-state index contributed by atoms with van der Waals surface area (Å²) in [7, 11) is 0. The number of hydrogen-bond donors (Lipinski definition) is 0. The fourth-order valence-corrected chi connectivity index (χ4v) is 2.95. The SMILES string of the molecule is O=C(c1ccccc1)N1N=C(c2cccnc2)CC1c1cccnc1. The first-order valence-corrected chi connectivity index (χ1v) is 8.09. The number of benzene rings is 1. The summed E-state index contributed by atoms with van der Waals surface area (Å²) < 4.78 is 0. The highest BCUT2D eigenvalue weighted by molar-refractivity contribution is 6.04. The summed E-state index contributed by atoms with van der Waals surface area (Å²) in [4.78, 5) is 21.3. The van der Waals surface area contributed by atoms with Gasteiger partial charge in [0.05, 0.1) is 11.8 Å². The molecule has 122 valence electrons. The Bertz CT molecular complexity index is 895. The van der Waals surface area contributed by atoms with Crippen LogP contribution >= 0.6 is 0 Å². The van der Waals surface area contributed by atoms with Crippen molar-refractivity contribution >= 4 is 11.6 Å². The fraction of sp³-hybridized carbons (Fsp3) is 0.100. The van der Waals surface area contributed by atoms with Crippen LogP contribution in [0, 0.1) is 0 Å². The zero-order valence-corrected chi connectivity index (χ0v) is 13.5. The molecule has 4 rings (SSSR count). The molecule has 0 saturated carbocycles. The van der Waals surface area contributed by atoms with Gasteiger partial charge in [-0.2, -0.15) is 5.10 Å². The number of hydrazone groups is 1. The van der Waals surface area contributed by atoms with Crippen LogP contribution in [0.15, 0.2) is 84.5 Å². The molecule has 3 aromatic rings.